The Morgan fingerprint density at radius 1 is 0.571 bits per heavy atom. The van der Waals surface area contributed by atoms with Gasteiger partial charge in [0.2, 0.25) is 0 Å². The summed E-state index contributed by atoms with van der Waals surface area (Å²) in [7, 11) is -0.623. The average molecular weight is 694 g/mol. The van der Waals surface area contributed by atoms with Gasteiger partial charge >= 0.3 is 36.5 Å². The van der Waals surface area contributed by atoms with Crippen LogP contribution in [0.1, 0.15) is 18.7 Å². The van der Waals surface area contributed by atoms with Crippen molar-refractivity contribution in [1.29, 1.82) is 0 Å². The predicted octanol–water partition coefficient (Wildman–Crippen LogP) is 7.10. The van der Waals surface area contributed by atoms with Gasteiger partial charge in [-0.15, -0.1) is 0 Å². The van der Waals surface area contributed by atoms with Crippen molar-refractivity contribution in [2.24, 2.45) is 0 Å². The third-order valence-electron chi connectivity index (χ3n) is 6.62. The van der Waals surface area contributed by atoms with Gasteiger partial charge in [0, 0.05) is 23.7 Å². The molecule has 0 spiro atoms. The van der Waals surface area contributed by atoms with Crippen LogP contribution in [0.15, 0.2) is 72.9 Å². The first-order valence-corrected chi connectivity index (χ1v) is 14.9. The monoisotopic (exact) mass is 694 g/mol. The van der Waals surface area contributed by atoms with Gasteiger partial charge < -0.3 is 0 Å². The van der Waals surface area contributed by atoms with Crippen LogP contribution in [-0.4, -0.2) is 9.78 Å². The van der Waals surface area contributed by atoms with Gasteiger partial charge in [0.1, 0.15) is 0 Å². The molecule has 5 heteroatoms. The van der Waals surface area contributed by atoms with Crippen molar-refractivity contribution in [3.8, 4) is 0 Å². The van der Waals surface area contributed by atoms with Crippen LogP contribution in [0.4, 0.5) is 0 Å². The largest absolute Gasteiger partial charge is 2.00 e. The second kappa shape index (κ2) is 19.6. The second-order valence-electron chi connectivity index (χ2n) is 9.33. The molecule has 42 heavy (non-hydrogen) atoms. The number of benzene rings is 2. The number of hydrogen-bond acceptors (Lipinski definition) is 1. The summed E-state index contributed by atoms with van der Waals surface area (Å²) in [4.78, 5) is 0. The Morgan fingerprint density at radius 2 is 1.05 bits per heavy atom. The van der Waals surface area contributed by atoms with Gasteiger partial charge in [-0.1, -0.05) is 60.7 Å². The van der Waals surface area contributed by atoms with E-state index in [9.17, 15) is 0 Å². The molecule has 3 aromatic rings. The van der Waals surface area contributed by atoms with Gasteiger partial charge in [-0.3, -0.25) is 4.68 Å². The molecule has 7 rings (SSSR count). The van der Waals surface area contributed by atoms with Crippen molar-refractivity contribution >= 4 is 18.5 Å². The van der Waals surface area contributed by atoms with E-state index >= 15 is 0 Å². The van der Waals surface area contributed by atoms with E-state index in [2.05, 4.69) is 129 Å². The van der Waals surface area contributed by atoms with Crippen molar-refractivity contribution in [2.75, 3.05) is 0 Å². The molecule has 1 heterocycles. The van der Waals surface area contributed by atoms with E-state index in [1.807, 2.05) is 64.2 Å². The molecule has 20 radical (unpaired) electrons. The predicted molar refractivity (Wildman–Crippen MR) is 168 cm³/mol. The molecule has 1 atom stereocenters. The van der Waals surface area contributed by atoms with Crippen LogP contribution in [0.3, 0.4) is 0 Å². The molecule has 2 aromatic carbocycles. The summed E-state index contributed by atoms with van der Waals surface area (Å²) in [5.74, 6) is 2.51. The van der Waals surface area contributed by atoms with Crippen molar-refractivity contribution in [2.45, 2.75) is 13.0 Å². The van der Waals surface area contributed by atoms with Crippen molar-refractivity contribution in [3.05, 3.63) is 205 Å². The van der Waals surface area contributed by atoms with E-state index in [-0.39, 0.29) is 42.6 Å². The molecule has 0 saturated heterocycles. The summed E-state index contributed by atoms with van der Waals surface area (Å²) in [5, 5.41) is 7.62. The van der Waals surface area contributed by atoms with E-state index in [1.165, 1.54) is 28.1 Å². The zero-order valence-electron chi connectivity index (χ0n) is 23.4. The normalized spacial score (nSPS) is 19.8. The maximum atomic E-state index is 4.88. The number of nitrogens with zero attached hydrogens (tertiary/aromatic N) is 2. The third-order valence-corrected chi connectivity index (χ3v) is 9.14. The first-order chi connectivity index (χ1) is 19.8. The summed E-state index contributed by atoms with van der Waals surface area (Å²) < 4.78 is 2.09. The first-order valence-electron chi connectivity index (χ1n) is 13.6. The molecular formula is C37H33FeN2PRu+4. The standard InChI is InChI=1S/C27H23N2P.2C5H5.Fe.Ru/c1-21(29-20-19-26(28-29)22-11-8-9-12-22)25-17-10-18-27(25)30(23-13-4-2-5-14-23)24-15-6-3-7-16-24;2*1-2-4-5-3-1;;/h2-21H,1H3;2*1-5H;;/q;;;2*+2/t21-;;;;/m1..../s1. The van der Waals surface area contributed by atoms with Crippen LogP contribution in [0.25, 0.3) is 0 Å². The maximum absolute atomic E-state index is 4.88. The molecule has 0 amide bonds. The number of hydrogen-bond donors (Lipinski definition) is 0. The van der Waals surface area contributed by atoms with E-state index in [0.717, 1.165) is 5.69 Å². The van der Waals surface area contributed by atoms with Gasteiger partial charge in [0.15, 0.2) is 0 Å². The Labute approximate surface area is 281 Å². The number of rotatable bonds is 6. The summed E-state index contributed by atoms with van der Waals surface area (Å²) in [6.07, 6.45) is 37.1. The molecule has 4 aliphatic rings. The quantitative estimate of drug-likeness (QED) is 0.199. The summed E-state index contributed by atoms with van der Waals surface area (Å²) in [6, 6.07) is 24.0. The van der Waals surface area contributed by atoms with Crippen molar-refractivity contribution in [1.82, 2.24) is 9.78 Å². The number of aromatic nitrogens is 2. The molecular weight excluding hydrogens is 660 g/mol. The van der Waals surface area contributed by atoms with Gasteiger partial charge in [0.05, 0.1) is 11.7 Å². The van der Waals surface area contributed by atoms with Crippen LogP contribution >= 0.6 is 7.92 Å². The van der Waals surface area contributed by atoms with Crippen LogP contribution in [-0.2, 0) is 36.5 Å². The smallest absolute Gasteiger partial charge is 0.269 e. The topological polar surface area (TPSA) is 17.8 Å². The minimum absolute atomic E-state index is 0. The molecule has 1 aromatic heterocycles. The molecule has 208 valence electrons. The zero-order valence-corrected chi connectivity index (χ0v) is 27.1. The Kier molecular flexibility index (Phi) is 16.6. The Balaban J connectivity index is 0.000000341. The average Bonchev–Trinajstić information content (AvgIpc) is 3.86. The molecule has 4 saturated carbocycles. The van der Waals surface area contributed by atoms with Gasteiger partial charge in [-0.2, -0.15) is 5.10 Å². The van der Waals surface area contributed by atoms with Crippen molar-refractivity contribution < 1.29 is 36.5 Å². The SMILES string of the molecule is C[C@H]([C]1[CH][CH][CH][C]1P(c1ccccc1)c1ccccc1)n1ccc([C]2[CH][CH][CH][CH]2)n1.[CH]1[CH][CH][CH][CH]1.[CH]1[CH][CH][CH][CH]1.[Fe+2].[Ru+2]. The fraction of sp³-hybridized carbons (Fsp3) is 0.0541. The Morgan fingerprint density at radius 3 is 1.52 bits per heavy atom. The molecule has 0 unspecified atom stereocenters. The molecule has 4 aliphatic carbocycles. The first kappa shape index (κ1) is 35.7. The Bertz CT molecular complexity index is 1030. The molecule has 4 fully saturated rings. The van der Waals surface area contributed by atoms with Crippen LogP contribution in [0.2, 0.25) is 0 Å². The minimum atomic E-state index is -0.623. The minimum Gasteiger partial charge on any atom is -0.269 e. The van der Waals surface area contributed by atoms with Crippen LogP contribution < -0.4 is 10.6 Å². The second-order valence-corrected chi connectivity index (χ2v) is 11.5. The van der Waals surface area contributed by atoms with E-state index < -0.39 is 7.92 Å². The summed E-state index contributed by atoms with van der Waals surface area (Å²) in [5.41, 5.74) is 2.42. The maximum Gasteiger partial charge on any atom is 2.00 e. The summed E-state index contributed by atoms with van der Waals surface area (Å²) >= 11 is 0. The van der Waals surface area contributed by atoms with E-state index in [0.29, 0.717) is 0 Å². The third kappa shape index (κ3) is 10.1. The van der Waals surface area contributed by atoms with Crippen LogP contribution in [0, 0.1) is 127 Å². The van der Waals surface area contributed by atoms with E-state index in [4.69, 9.17) is 5.10 Å². The molecule has 0 N–H and O–H groups in total. The van der Waals surface area contributed by atoms with E-state index in [1.54, 1.807) is 0 Å². The van der Waals surface area contributed by atoms with Crippen LogP contribution in [0.5, 0.6) is 0 Å². The summed E-state index contributed by atoms with van der Waals surface area (Å²) in [6.45, 7) is 2.24. The van der Waals surface area contributed by atoms with Crippen molar-refractivity contribution in [3.63, 3.8) is 0 Å². The fourth-order valence-electron chi connectivity index (χ4n) is 4.60. The van der Waals surface area contributed by atoms with Gasteiger partial charge in [-0.05, 0) is 141 Å². The molecule has 0 aliphatic heterocycles. The molecule has 0 bridgehead atoms. The fourth-order valence-corrected chi connectivity index (χ4v) is 7.15. The zero-order chi connectivity index (χ0) is 27.4. The van der Waals surface area contributed by atoms with Gasteiger partial charge in [-0.25, -0.2) is 0 Å². The van der Waals surface area contributed by atoms with Gasteiger partial charge in [0.25, 0.3) is 0 Å². The molecule has 2 nitrogen and oxygen atoms in total. The Hall–Kier alpha value is -0.777.